The number of pyridine rings is 1. The van der Waals surface area contributed by atoms with Crippen LogP contribution in [-0.4, -0.2) is 9.13 Å². The summed E-state index contributed by atoms with van der Waals surface area (Å²) in [6, 6.07) is 15.5. The molecule has 0 spiro atoms. The second-order valence-corrected chi connectivity index (χ2v) is 6.65. The summed E-state index contributed by atoms with van der Waals surface area (Å²) in [5, 5.41) is 2.28. The van der Waals surface area contributed by atoms with Gasteiger partial charge in [0.05, 0.1) is 11.8 Å². The lowest BCUT2D eigenvalue weighted by Crippen LogP contribution is -2.18. The molecule has 0 amide bonds. The van der Waals surface area contributed by atoms with Crippen molar-refractivity contribution in [1.82, 2.24) is 9.13 Å². The fourth-order valence-corrected chi connectivity index (χ4v) is 3.77. The first-order valence-corrected chi connectivity index (χ1v) is 8.50. The van der Waals surface area contributed by atoms with Gasteiger partial charge in [0.2, 0.25) is 0 Å². The van der Waals surface area contributed by atoms with Crippen molar-refractivity contribution < 1.29 is 17.6 Å². The third-order valence-corrected chi connectivity index (χ3v) is 5.05. The number of hydrogen-bond acceptors (Lipinski definition) is 0. The minimum absolute atomic E-state index is 0.473. The molecule has 3 nitrogen and oxygen atoms in total. The largest absolute Gasteiger partial charge is 0.416 e. The molecule has 5 aromatic rings. The second kappa shape index (κ2) is 5.36. The zero-order chi connectivity index (χ0) is 18.8. The third-order valence-electron chi connectivity index (χ3n) is 5.05. The number of aryl methyl sites for hydroxylation is 1. The molecule has 0 bridgehead atoms. The van der Waals surface area contributed by atoms with Crippen LogP contribution in [0.1, 0.15) is 5.56 Å². The number of benzene rings is 2. The van der Waals surface area contributed by atoms with E-state index in [9.17, 15) is 13.2 Å². The number of rotatable bonds is 1. The summed E-state index contributed by atoms with van der Waals surface area (Å²) >= 11 is 0. The van der Waals surface area contributed by atoms with Crippen LogP contribution in [0.5, 0.6) is 0 Å². The van der Waals surface area contributed by atoms with Crippen molar-refractivity contribution in [1.29, 1.82) is 0 Å². The van der Waals surface area contributed by atoms with Crippen molar-refractivity contribution in [3.63, 3.8) is 0 Å². The van der Waals surface area contributed by atoms with Crippen molar-refractivity contribution in [3.8, 4) is 5.69 Å². The van der Waals surface area contributed by atoms with Gasteiger partial charge in [-0.15, -0.1) is 0 Å². The number of imidazole rings is 1. The van der Waals surface area contributed by atoms with Gasteiger partial charge in [-0.25, -0.2) is 8.97 Å². The highest BCUT2D eigenvalue weighted by Gasteiger charge is 2.31. The van der Waals surface area contributed by atoms with E-state index in [2.05, 4.69) is 16.7 Å². The molecule has 0 saturated carbocycles. The van der Waals surface area contributed by atoms with Gasteiger partial charge in [0.25, 0.3) is 6.33 Å². The molecule has 0 aliphatic rings. The van der Waals surface area contributed by atoms with E-state index < -0.39 is 11.7 Å². The van der Waals surface area contributed by atoms with Crippen LogP contribution in [0.25, 0.3) is 33.0 Å². The lowest BCUT2D eigenvalue weighted by Gasteiger charge is -2.06. The molecule has 27 heavy (non-hydrogen) atoms. The summed E-state index contributed by atoms with van der Waals surface area (Å²) in [5.74, 6) is 0. The quantitative estimate of drug-likeness (QED) is 0.376. The zero-order valence-corrected chi connectivity index (χ0v) is 14.4. The predicted molar refractivity (Wildman–Crippen MR) is 97.9 cm³/mol. The summed E-state index contributed by atoms with van der Waals surface area (Å²) in [7, 11) is 2.01. The molecule has 3 heterocycles. The molecule has 0 aliphatic carbocycles. The van der Waals surface area contributed by atoms with Gasteiger partial charge < -0.3 is 4.57 Å². The Labute approximate surface area is 152 Å². The predicted octanol–water partition coefficient (Wildman–Crippen LogP) is 4.88. The summed E-state index contributed by atoms with van der Waals surface area (Å²) in [6.07, 6.45) is 1.24. The average molecular weight is 366 g/mol. The summed E-state index contributed by atoms with van der Waals surface area (Å²) in [4.78, 5) is 0. The van der Waals surface area contributed by atoms with E-state index in [1.807, 2.05) is 42.0 Å². The van der Waals surface area contributed by atoms with E-state index in [0.29, 0.717) is 5.69 Å². The van der Waals surface area contributed by atoms with Gasteiger partial charge in [-0.3, -0.25) is 0 Å². The Balaban J connectivity index is 1.78. The number of para-hydroxylation sites is 1. The van der Waals surface area contributed by atoms with Crippen molar-refractivity contribution in [2.75, 3.05) is 0 Å². The maximum absolute atomic E-state index is 13.0. The van der Waals surface area contributed by atoms with Crippen molar-refractivity contribution in [2.24, 2.45) is 7.05 Å². The van der Waals surface area contributed by atoms with E-state index in [1.165, 1.54) is 6.07 Å². The molecule has 0 aliphatic heterocycles. The lowest BCUT2D eigenvalue weighted by atomic mass is 10.2. The molecular weight excluding hydrogens is 351 g/mol. The highest BCUT2D eigenvalue weighted by molar-refractivity contribution is 6.11. The molecule has 0 fully saturated rings. The van der Waals surface area contributed by atoms with E-state index >= 15 is 0 Å². The Bertz CT molecular complexity index is 1330. The standard InChI is InChI=1S/C21H15F3N3/c1-25-18-8-3-2-7-16(18)17-9-10-26-13-27(12-19(26)20(17)25)15-6-4-5-14(11-15)21(22,23)24/h2-13H,1H3/q+1. The Hall–Kier alpha value is -3.28. The van der Waals surface area contributed by atoms with E-state index in [-0.39, 0.29) is 0 Å². The first kappa shape index (κ1) is 15.9. The van der Waals surface area contributed by atoms with Gasteiger partial charge in [0.15, 0.2) is 5.52 Å². The van der Waals surface area contributed by atoms with Crippen LogP contribution in [0, 0.1) is 0 Å². The van der Waals surface area contributed by atoms with Crippen LogP contribution in [0.3, 0.4) is 0 Å². The van der Waals surface area contributed by atoms with Crippen molar-refractivity contribution >= 4 is 27.3 Å². The SMILES string of the molecule is Cn1c2ccccc2c2cc[n+]3cn(-c4cccc(C(F)(F)F)c4)cc3c21. The maximum Gasteiger partial charge on any atom is 0.416 e. The topological polar surface area (TPSA) is 14.0 Å². The molecule has 5 rings (SSSR count). The molecule has 0 unspecified atom stereocenters. The molecule has 0 radical (unpaired) electrons. The first-order chi connectivity index (χ1) is 12.9. The van der Waals surface area contributed by atoms with Crippen LogP contribution >= 0.6 is 0 Å². The molecule has 0 atom stereocenters. The highest BCUT2D eigenvalue weighted by Crippen LogP contribution is 2.31. The van der Waals surface area contributed by atoms with Crippen LogP contribution in [0.4, 0.5) is 13.2 Å². The van der Waals surface area contributed by atoms with Gasteiger partial charge in [0.1, 0.15) is 17.4 Å². The Kier molecular flexibility index (Phi) is 3.16. The Morgan fingerprint density at radius 1 is 0.926 bits per heavy atom. The fourth-order valence-electron chi connectivity index (χ4n) is 3.77. The molecule has 0 N–H and O–H groups in total. The van der Waals surface area contributed by atoms with Gasteiger partial charge in [-0.1, -0.05) is 24.3 Å². The van der Waals surface area contributed by atoms with E-state index in [1.54, 1.807) is 17.0 Å². The Morgan fingerprint density at radius 2 is 1.74 bits per heavy atom. The minimum Gasteiger partial charge on any atom is -0.340 e. The summed E-state index contributed by atoms with van der Waals surface area (Å²) in [6.45, 7) is 0. The first-order valence-electron chi connectivity index (χ1n) is 8.50. The number of halogens is 3. The molecule has 2 aromatic carbocycles. The number of fused-ring (bicyclic) bond motifs is 5. The van der Waals surface area contributed by atoms with Crippen LogP contribution in [0.2, 0.25) is 0 Å². The third kappa shape index (κ3) is 2.33. The molecular formula is C21H15F3N3+. The van der Waals surface area contributed by atoms with Crippen molar-refractivity contribution in [2.45, 2.75) is 6.18 Å². The van der Waals surface area contributed by atoms with Gasteiger partial charge in [-0.2, -0.15) is 13.2 Å². The smallest absolute Gasteiger partial charge is 0.340 e. The number of nitrogens with zero attached hydrogens (tertiary/aromatic N) is 3. The molecule has 6 heteroatoms. The van der Waals surface area contributed by atoms with Crippen LogP contribution in [0.15, 0.2) is 73.3 Å². The Morgan fingerprint density at radius 3 is 2.56 bits per heavy atom. The van der Waals surface area contributed by atoms with Crippen LogP contribution in [-0.2, 0) is 13.2 Å². The van der Waals surface area contributed by atoms with Gasteiger partial charge >= 0.3 is 6.18 Å². The number of hydrogen-bond donors (Lipinski definition) is 0. The second-order valence-electron chi connectivity index (χ2n) is 6.65. The number of alkyl halides is 3. The summed E-state index contributed by atoms with van der Waals surface area (Å²) in [5.41, 5.74) is 2.92. The lowest BCUT2D eigenvalue weighted by molar-refractivity contribution is -0.510. The average Bonchev–Trinajstić information content (AvgIpc) is 3.21. The molecule has 3 aromatic heterocycles. The summed E-state index contributed by atoms with van der Waals surface area (Å²) < 4.78 is 44.9. The fraction of sp³-hybridized carbons (Fsp3) is 0.0952. The molecule has 134 valence electrons. The van der Waals surface area contributed by atoms with Crippen LogP contribution < -0.4 is 4.40 Å². The van der Waals surface area contributed by atoms with Gasteiger partial charge in [0, 0.05) is 23.3 Å². The molecule has 0 saturated heterocycles. The van der Waals surface area contributed by atoms with Crippen molar-refractivity contribution in [3.05, 3.63) is 78.9 Å². The minimum atomic E-state index is -4.36. The number of aromatic nitrogens is 3. The monoisotopic (exact) mass is 366 g/mol. The normalized spacial score (nSPS) is 12.4. The van der Waals surface area contributed by atoms with E-state index in [4.69, 9.17) is 0 Å². The zero-order valence-electron chi connectivity index (χ0n) is 14.4. The highest BCUT2D eigenvalue weighted by atomic mass is 19.4. The van der Waals surface area contributed by atoms with Gasteiger partial charge in [-0.05, 0) is 30.3 Å². The maximum atomic E-state index is 13.0. The van der Waals surface area contributed by atoms with E-state index in [0.717, 1.165) is 39.5 Å².